The van der Waals surface area contributed by atoms with Crippen LogP contribution in [0.2, 0.25) is 0 Å². The van der Waals surface area contributed by atoms with E-state index >= 15 is 0 Å². The Bertz CT molecular complexity index is 368. The standard InChI is InChI=1S/C10H14N2.C3H6O3/c1-12-7-3-5-10(12)9-4-2-6-11-8-9;1-2(4)3(5)6/h2,4,6,8,10H,3,5,7H2,1H3;2,4H,1H3,(H,5,6)/t;2-/m.0/s1. The number of hydrogen-bond acceptors (Lipinski definition) is 4. The lowest BCUT2D eigenvalue weighted by Gasteiger charge is -2.18. The molecule has 1 unspecified atom stereocenters. The van der Waals surface area contributed by atoms with Gasteiger partial charge in [0.2, 0.25) is 0 Å². The predicted molar refractivity (Wildman–Crippen MR) is 68.2 cm³/mol. The number of carboxylic acids is 1. The molecule has 0 amide bonds. The van der Waals surface area contributed by atoms with Crippen molar-refractivity contribution in [3.63, 3.8) is 0 Å². The number of aliphatic hydroxyl groups is 1. The maximum Gasteiger partial charge on any atom is 0.332 e. The van der Waals surface area contributed by atoms with Crippen LogP contribution < -0.4 is 0 Å². The molecule has 5 heteroatoms. The summed E-state index contributed by atoms with van der Waals surface area (Å²) in [6, 6.07) is 4.79. The van der Waals surface area contributed by atoms with Crippen molar-refractivity contribution in [3.8, 4) is 0 Å². The molecular weight excluding hydrogens is 232 g/mol. The third kappa shape index (κ3) is 4.43. The summed E-state index contributed by atoms with van der Waals surface area (Å²) in [5, 5.41) is 15.8. The molecule has 0 spiro atoms. The average molecular weight is 252 g/mol. The van der Waals surface area contributed by atoms with Crippen LogP contribution >= 0.6 is 0 Å². The van der Waals surface area contributed by atoms with Gasteiger partial charge < -0.3 is 10.2 Å². The molecular formula is C13H20N2O3. The van der Waals surface area contributed by atoms with Gasteiger partial charge in [-0.05, 0) is 45.0 Å². The van der Waals surface area contributed by atoms with Gasteiger partial charge in [0, 0.05) is 18.4 Å². The Morgan fingerprint density at radius 1 is 1.61 bits per heavy atom. The van der Waals surface area contributed by atoms with E-state index in [0.717, 1.165) is 0 Å². The first-order chi connectivity index (χ1) is 8.52. The van der Waals surface area contributed by atoms with Gasteiger partial charge in [-0.3, -0.25) is 9.88 Å². The van der Waals surface area contributed by atoms with Gasteiger partial charge in [0.25, 0.3) is 0 Å². The fraction of sp³-hybridized carbons (Fsp3) is 0.538. The molecule has 1 aliphatic rings. The molecule has 2 N–H and O–H groups in total. The second-order valence-corrected chi connectivity index (χ2v) is 4.44. The number of nitrogens with zero attached hydrogens (tertiary/aromatic N) is 2. The summed E-state index contributed by atoms with van der Waals surface area (Å²) in [4.78, 5) is 16.0. The van der Waals surface area contributed by atoms with Gasteiger partial charge in [0.05, 0.1) is 0 Å². The fourth-order valence-corrected chi connectivity index (χ4v) is 1.90. The lowest BCUT2D eigenvalue weighted by atomic mass is 10.1. The van der Waals surface area contributed by atoms with Gasteiger partial charge in [-0.15, -0.1) is 0 Å². The van der Waals surface area contributed by atoms with Gasteiger partial charge in [-0.2, -0.15) is 0 Å². The van der Waals surface area contributed by atoms with E-state index in [1.54, 1.807) is 0 Å². The molecule has 0 radical (unpaired) electrons. The van der Waals surface area contributed by atoms with Crippen molar-refractivity contribution in [3.05, 3.63) is 30.1 Å². The Labute approximate surface area is 107 Å². The number of aliphatic carboxylic acids is 1. The van der Waals surface area contributed by atoms with Crippen molar-refractivity contribution < 1.29 is 15.0 Å². The Kier molecular flexibility index (Phi) is 5.74. The van der Waals surface area contributed by atoms with Crippen LogP contribution in [-0.2, 0) is 4.79 Å². The van der Waals surface area contributed by atoms with E-state index in [1.807, 2.05) is 18.5 Å². The Balaban J connectivity index is 0.000000232. The first kappa shape index (κ1) is 14.6. The van der Waals surface area contributed by atoms with Gasteiger partial charge in [-0.1, -0.05) is 6.07 Å². The van der Waals surface area contributed by atoms with Gasteiger partial charge in [0.1, 0.15) is 6.10 Å². The van der Waals surface area contributed by atoms with Gasteiger partial charge in [-0.25, -0.2) is 4.79 Å². The molecule has 2 atom stereocenters. The zero-order valence-corrected chi connectivity index (χ0v) is 10.8. The monoisotopic (exact) mass is 252 g/mol. The van der Waals surface area contributed by atoms with E-state index in [1.165, 1.54) is 31.9 Å². The maximum atomic E-state index is 9.45. The number of aliphatic hydroxyl groups excluding tert-OH is 1. The topological polar surface area (TPSA) is 73.7 Å². The highest BCUT2D eigenvalue weighted by Crippen LogP contribution is 2.29. The van der Waals surface area contributed by atoms with Crippen LogP contribution in [0.25, 0.3) is 0 Å². The SMILES string of the molecule is CN1CCCC1c1cccnc1.C[C@H](O)C(=O)O. The average Bonchev–Trinajstić information content (AvgIpc) is 2.77. The highest BCUT2D eigenvalue weighted by molar-refractivity contribution is 5.71. The van der Waals surface area contributed by atoms with Crippen LogP contribution in [0, 0.1) is 0 Å². The van der Waals surface area contributed by atoms with Crippen molar-refractivity contribution in [1.82, 2.24) is 9.88 Å². The molecule has 1 saturated heterocycles. The highest BCUT2D eigenvalue weighted by Gasteiger charge is 2.21. The van der Waals surface area contributed by atoms with Gasteiger partial charge >= 0.3 is 5.97 Å². The van der Waals surface area contributed by atoms with Crippen molar-refractivity contribution >= 4 is 5.97 Å². The lowest BCUT2D eigenvalue weighted by Crippen LogP contribution is -2.17. The molecule has 1 aromatic heterocycles. The molecule has 18 heavy (non-hydrogen) atoms. The largest absolute Gasteiger partial charge is 0.479 e. The van der Waals surface area contributed by atoms with Crippen LogP contribution in [0.5, 0.6) is 0 Å². The Morgan fingerprint density at radius 3 is 2.67 bits per heavy atom. The second kappa shape index (κ2) is 7.08. The van der Waals surface area contributed by atoms with E-state index in [-0.39, 0.29) is 0 Å². The molecule has 100 valence electrons. The molecule has 0 aromatic carbocycles. The van der Waals surface area contributed by atoms with Crippen LogP contribution in [0.15, 0.2) is 24.5 Å². The molecule has 2 rings (SSSR count). The van der Waals surface area contributed by atoms with E-state index in [2.05, 4.69) is 23.0 Å². The summed E-state index contributed by atoms with van der Waals surface area (Å²) in [6.45, 7) is 2.42. The quantitative estimate of drug-likeness (QED) is 0.830. The summed E-state index contributed by atoms with van der Waals surface area (Å²) >= 11 is 0. The molecule has 0 bridgehead atoms. The van der Waals surface area contributed by atoms with E-state index in [0.29, 0.717) is 6.04 Å². The van der Waals surface area contributed by atoms with Crippen LogP contribution in [0.3, 0.4) is 0 Å². The first-order valence-corrected chi connectivity index (χ1v) is 6.03. The minimum absolute atomic E-state index is 0.610. The smallest absolute Gasteiger partial charge is 0.332 e. The number of pyridine rings is 1. The molecule has 2 heterocycles. The zero-order valence-electron chi connectivity index (χ0n) is 10.8. The van der Waals surface area contributed by atoms with Crippen LogP contribution in [-0.4, -0.2) is 45.8 Å². The Morgan fingerprint density at radius 2 is 2.28 bits per heavy atom. The number of rotatable bonds is 2. The first-order valence-electron chi connectivity index (χ1n) is 6.03. The van der Waals surface area contributed by atoms with Crippen LogP contribution in [0.4, 0.5) is 0 Å². The number of likely N-dealkylation sites (tertiary alicyclic amines) is 1. The number of aromatic nitrogens is 1. The van der Waals surface area contributed by atoms with Crippen molar-refractivity contribution in [2.24, 2.45) is 0 Å². The van der Waals surface area contributed by atoms with E-state index in [9.17, 15) is 4.79 Å². The summed E-state index contributed by atoms with van der Waals surface area (Å²) in [6.07, 6.45) is 5.17. The van der Waals surface area contributed by atoms with E-state index < -0.39 is 12.1 Å². The van der Waals surface area contributed by atoms with Crippen LogP contribution in [0.1, 0.15) is 31.4 Å². The lowest BCUT2D eigenvalue weighted by molar-refractivity contribution is -0.145. The number of carbonyl (C=O) groups is 1. The third-order valence-corrected chi connectivity index (χ3v) is 2.95. The maximum absolute atomic E-state index is 9.45. The third-order valence-electron chi connectivity index (χ3n) is 2.95. The minimum Gasteiger partial charge on any atom is -0.479 e. The molecule has 0 aliphatic carbocycles. The second-order valence-electron chi connectivity index (χ2n) is 4.44. The number of hydrogen-bond donors (Lipinski definition) is 2. The summed E-state index contributed by atoms with van der Waals surface area (Å²) < 4.78 is 0. The fourth-order valence-electron chi connectivity index (χ4n) is 1.90. The molecule has 0 saturated carbocycles. The highest BCUT2D eigenvalue weighted by atomic mass is 16.4. The summed E-state index contributed by atoms with van der Waals surface area (Å²) in [7, 11) is 2.19. The Hall–Kier alpha value is -1.46. The molecule has 5 nitrogen and oxygen atoms in total. The molecule has 1 fully saturated rings. The summed E-state index contributed by atoms with van der Waals surface area (Å²) in [5.74, 6) is -1.19. The van der Waals surface area contributed by atoms with Crippen molar-refractivity contribution in [1.29, 1.82) is 0 Å². The molecule has 1 aromatic rings. The van der Waals surface area contributed by atoms with E-state index in [4.69, 9.17) is 10.2 Å². The number of carboxylic acid groups (broad SMARTS) is 1. The normalized spacial score (nSPS) is 20.9. The van der Waals surface area contributed by atoms with Crippen molar-refractivity contribution in [2.75, 3.05) is 13.6 Å². The predicted octanol–water partition coefficient (Wildman–Crippen LogP) is 1.30. The van der Waals surface area contributed by atoms with Crippen molar-refractivity contribution in [2.45, 2.75) is 31.9 Å². The van der Waals surface area contributed by atoms with Gasteiger partial charge in [0.15, 0.2) is 0 Å². The zero-order chi connectivity index (χ0) is 13.5. The minimum atomic E-state index is -1.23. The molecule has 1 aliphatic heterocycles. The summed E-state index contributed by atoms with van der Waals surface area (Å²) in [5.41, 5.74) is 1.36.